The third-order valence-corrected chi connectivity index (χ3v) is 5.10. The molecule has 2 amide bonds. The van der Waals surface area contributed by atoms with Crippen molar-refractivity contribution < 1.29 is 26.7 Å². The van der Waals surface area contributed by atoms with Gasteiger partial charge >= 0.3 is 12.2 Å². The molecule has 0 spiro atoms. The van der Waals surface area contributed by atoms with Crippen LogP contribution in [0.3, 0.4) is 0 Å². The van der Waals surface area contributed by atoms with E-state index >= 15 is 4.39 Å². The summed E-state index contributed by atoms with van der Waals surface area (Å²) in [7, 11) is 0. The Morgan fingerprint density at radius 2 is 1.88 bits per heavy atom. The number of alkyl halides is 4. The first-order chi connectivity index (χ1) is 15.6. The molecule has 3 aromatic rings. The van der Waals surface area contributed by atoms with Crippen LogP contribution in [0, 0.1) is 5.82 Å². The molecule has 170 valence electrons. The van der Waals surface area contributed by atoms with E-state index in [-0.39, 0.29) is 5.82 Å². The predicted octanol–water partition coefficient (Wildman–Crippen LogP) is 4.35. The number of allylic oxidation sites excluding steroid dienone is 2. The molecule has 0 fully saturated rings. The number of benzene rings is 2. The molecule has 1 aromatic heterocycles. The summed E-state index contributed by atoms with van der Waals surface area (Å²) in [6.07, 6.45) is -1.35. The molecule has 1 aliphatic rings. The summed E-state index contributed by atoms with van der Waals surface area (Å²) in [5.74, 6) is -6.01. The highest BCUT2D eigenvalue weighted by Gasteiger charge is 2.49. The number of carbonyl (C=O) groups is 1. The summed E-state index contributed by atoms with van der Waals surface area (Å²) < 4.78 is 70.2. The Balaban J connectivity index is 1.86. The Bertz CT molecular complexity index is 1230. The Hall–Kier alpha value is -4.09. The molecule has 0 bridgehead atoms. The van der Waals surface area contributed by atoms with Gasteiger partial charge in [-0.3, -0.25) is 4.90 Å². The number of aromatic nitrogens is 4. The van der Waals surface area contributed by atoms with E-state index in [1.807, 2.05) is 0 Å². The number of amides is 2. The lowest BCUT2D eigenvalue weighted by molar-refractivity contribution is -0.139. The quantitative estimate of drug-likeness (QED) is 0.445. The molecule has 1 heterocycles. The first kappa shape index (κ1) is 22.1. The van der Waals surface area contributed by atoms with Gasteiger partial charge in [-0.15, -0.1) is 10.2 Å². The molecular weight excluding hydrogens is 447 g/mol. The molecule has 0 saturated heterocycles. The average molecular weight is 462 g/mol. The van der Waals surface area contributed by atoms with Crippen LogP contribution in [0.4, 0.5) is 32.4 Å². The lowest BCUT2D eigenvalue weighted by atomic mass is 9.85. The SMILES string of the molecule is NC(=O)N(c1ccc(F)c(C(F)(F)F)c1)C1(F)C=CC(c2ccccc2)=CC1c1nn[nH]n1. The van der Waals surface area contributed by atoms with Crippen molar-refractivity contribution in [2.45, 2.75) is 17.9 Å². The number of aromatic amines is 1. The fraction of sp³-hybridized carbons (Fsp3) is 0.143. The van der Waals surface area contributed by atoms with E-state index in [1.54, 1.807) is 30.3 Å². The number of carbonyl (C=O) groups excluding carboxylic acids is 1. The number of halogens is 5. The molecule has 12 heteroatoms. The van der Waals surface area contributed by atoms with Gasteiger partial charge in [-0.05, 0) is 35.4 Å². The number of hydrogen-bond acceptors (Lipinski definition) is 4. The van der Waals surface area contributed by atoms with Gasteiger partial charge in [-0.1, -0.05) is 47.7 Å². The summed E-state index contributed by atoms with van der Waals surface area (Å²) in [5.41, 5.74) is 4.36. The molecule has 4 rings (SSSR count). The average Bonchev–Trinajstić information content (AvgIpc) is 3.29. The maximum Gasteiger partial charge on any atom is 0.419 e. The van der Waals surface area contributed by atoms with E-state index in [1.165, 1.54) is 12.2 Å². The van der Waals surface area contributed by atoms with Gasteiger partial charge in [0.2, 0.25) is 5.79 Å². The van der Waals surface area contributed by atoms with Crippen molar-refractivity contribution in [2.24, 2.45) is 5.73 Å². The van der Waals surface area contributed by atoms with Crippen molar-refractivity contribution in [3.05, 3.63) is 89.5 Å². The van der Waals surface area contributed by atoms with Crippen LogP contribution in [-0.2, 0) is 6.18 Å². The van der Waals surface area contributed by atoms with Gasteiger partial charge in [0.1, 0.15) is 5.82 Å². The molecule has 0 radical (unpaired) electrons. The minimum Gasteiger partial charge on any atom is -0.351 e. The topological polar surface area (TPSA) is 101 Å². The first-order valence-electron chi connectivity index (χ1n) is 9.46. The van der Waals surface area contributed by atoms with Gasteiger partial charge in [0.15, 0.2) is 5.82 Å². The summed E-state index contributed by atoms with van der Waals surface area (Å²) in [5, 5.41) is 13.2. The molecular formula is C21H15F5N6O. The number of anilines is 1. The van der Waals surface area contributed by atoms with Crippen LogP contribution in [0.2, 0.25) is 0 Å². The van der Waals surface area contributed by atoms with Gasteiger partial charge in [0, 0.05) is 5.69 Å². The fourth-order valence-electron chi connectivity index (χ4n) is 3.62. The lowest BCUT2D eigenvalue weighted by Gasteiger charge is -2.39. The second-order valence-electron chi connectivity index (χ2n) is 7.13. The fourth-order valence-corrected chi connectivity index (χ4v) is 3.62. The molecule has 2 unspecified atom stereocenters. The maximum atomic E-state index is 16.6. The van der Waals surface area contributed by atoms with Gasteiger partial charge in [0.05, 0.1) is 11.5 Å². The third-order valence-electron chi connectivity index (χ3n) is 5.10. The number of H-pyrrole nitrogens is 1. The molecule has 0 saturated carbocycles. The summed E-state index contributed by atoms with van der Waals surface area (Å²) in [4.78, 5) is 12.6. The van der Waals surface area contributed by atoms with Gasteiger partial charge in [-0.2, -0.15) is 18.4 Å². The van der Waals surface area contributed by atoms with E-state index in [0.717, 1.165) is 12.1 Å². The highest BCUT2D eigenvalue weighted by molar-refractivity contribution is 5.93. The third kappa shape index (κ3) is 4.06. The van der Waals surface area contributed by atoms with Crippen molar-refractivity contribution >= 4 is 17.3 Å². The number of primary amides is 1. The van der Waals surface area contributed by atoms with Crippen LogP contribution in [0.15, 0.2) is 66.8 Å². The van der Waals surface area contributed by atoms with Crippen LogP contribution in [0.25, 0.3) is 5.57 Å². The van der Waals surface area contributed by atoms with E-state index < -0.39 is 41.0 Å². The highest BCUT2D eigenvalue weighted by Crippen LogP contribution is 2.44. The van der Waals surface area contributed by atoms with E-state index in [0.29, 0.717) is 28.2 Å². The Labute approximate surface area is 183 Å². The zero-order valence-electron chi connectivity index (χ0n) is 16.6. The second kappa shape index (κ2) is 8.11. The Morgan fingerprint density at radius 1 is 1.15 bits per heavy atom. The number of hydrogen-bond donors (Lipinski definition) is 2. The van der Waals surface area contributed by atoms with E-state index in [2.05, 4.69) is 20.6 Å². The number of rotatable bonds is 4. The first-order valence-corrected chi connectivity index (χ1v) is 9.46. The van der Waals surface area contributed by atoms with E-state index in [4.69, 9.17) is 5.73 Å². The van der Waals surface area contributed by atoms with Gasteiger partial charge < -0.3 is 5.73 Å². The van der Waals surface area contributed by atoms with Crippen LogP contribution in [-0.4, -0.2) is 32.4 Å². The van der Waals surface area contributed by atoms with Crippen LogP contribution < -0.4 is 10.6 Å². The smallest absolute Gasteiger partial charge is 0.351 e. The second-order valence-corrected chi connectivity index (χ2v) is 7.13. The van der Waals surface area contributed by atoms with Crippen molar-refractivity contribution in [3.8, 4) is 0 Å². The molecule has 7 nitrogen and oxygen atoms in total. The van der Waals surface area contributed by atoms with Crippen molar-refractivity contribution in [1.82, 2.24) is 20.6 Å². The standard InChI is InChI=1S/C21H15F5N6O/c22-17-7-6-14(11-15(17)21(24,25)26)32(19(27)33)20(23)9-8-13(12-4-2-1-3-5-12)10-16(20)18-28-30-31-29-18/h1-11,16H,(H2,27,33)(H,28,29,30,31). The number of nitrogens with one attached hydrogen (secondary N) is 1. The zero-order chi connectivity index (χ0) is 23.8. The van der Waals surface area contributed by atoms with E-state index in [9.17, 15) is 22.4 Å². The monoisotopic (exact) mass is 462 g/mol. The van der Waals surface area contributed by atoms with Crippen LogP contribution in [0.5, 0.6) is 0 Å². The molecule has 0 aliphatic heterocycles. The molecule has 2 atom stereocenters. The predicted molar refractivity (Wildman–Crippen MR) is 108 cm³/mol. The summed E-state index contributed by atoms with van der Waals surface area (Å²) >= 11 is 0. The summed E-state index contributed by atoms with van der Waals surface area (Å²) in [6, 6.07) is 9.05. The minimum absolute atomic E-state index is 0.181. The molecule has 2 aromatic carbocycles. The van der Waals surface area contributed by atoms with Crippen molar-refractivity contribution in [2.75, 3.05) is 4.90 Å². The largest absolute Gasteiger partial charge is 0.419 e. The Kier molecular flexibility index (Phi) is 5.44. The highest BCUT2D eigenvalue weighted by atomic mass is 19.4. The molecule has 1 aliphatic carbocycles. The minimum atomic E-state index is -5.08. The normalized spacial score (nSPS) is 20.4. The lowest BCUT2D eigenvalue weighted by Crippen LogP contribution is -2.54. The number of tetrazole rings is 1. The van der Waals surface area contributed by atoms with Crippen molar-refractivity contribution in [1.29, 1.82) is 0 Å². The van der Waals surface area contributed by atoms with Crippen LogP contribution in [0.1, 0.15) is 22.9 Å². The van der Waals surface area contributed by atoms with Crippen LogP contribution >= 0.6 is 0 Å². The van der Waals surface area contributed by atoms with Gasteiger partial charge in [0.25, 0.3) is 0 Å². The zero-order valence-corrected chi connectivity index (χ0v) is 16.6. The van der Waals surface area contributed by atoms with Crippen molar-refractivity contribution in [3.63, 3.8) is 0 Å². The number of nitrogens with two attached hydrogens (primary N) is 1. The Morgan fingerprint density at radius 3 is 2.48 bits per heavy atom. The number of urea groups is 1. The van der Waals surface area contributed by atoms with Gasteiger partial charge in [-0.25, -0.2) is 13.6 Å². The maximum absolute atomic E-state index is 16.6. The molecule has 33 heavy (non-hydrogen) atoms. The molecule has 3 N–H and O–H groups in total. The summed E-state index contributed by atoms with van der Waals surface area (Å²) in [6.45, 7) is 0. The number of nitrogens with zero attached hydrogens (tertiary/aromatic N) is 4.